The van der Waals surface area contributed by atoms with Gasteiger partial charge in [-0.05, 0) is 12.1 Å². The van der Waals surface area contributed by atoms with Gasteiger partial charge >= 0.3 is 5.69 Å². The fourth-order valence-corrected chi connectivity index (χ4v) is 1.23. The van der Waals surface area contributed by atoms with Crippen LogP contribution in [0.4, 0.5) is 10.1 Å². The molecule has 0 spiro atoms. The minimum atomic E-state index is -0.844. The highest BCUT2D eigenvalue weighted by Gasteiger charge is 2.15. The van der Waals surface area contributed by atoms with Crippen LogP contribution in [0.25, 0.3) is 11.3 Å². The van der Waals surface area contributed by atoms with Gasteiger partial charge in [0.05, 0.1) is 23.1 Å². The van der Waals surface area contributed by atoms with E-state index in [4.69, 9.17) is 0 Å². The molecule has 0 aliphatic heterocycles. The Morgan fingerprint density at radius 3 is 2.87 bits per heavy atom. The first kappa shape index (κ1) is 9.32. The number of rotatable bonds is 2. The normalized spacial score (nSPS) is 10.2. The fraction of sp³-hybridized carbons (Fsp3) is 0. The molecule has 0 aliphatic rings. The number of imidazole rings is 1. The Morgan fingerprint density at radius 1 is 1.47 bits per heavy atom. The molecular weight excluding hydrogens is 201 g/mol. The summed E-state index contributed by atoms with van der Waals surface area (Å²) in [7, 11) is 0. The summed E-state index contributed by atoms with van der Waals surface area (Å²) in [5.41, 5.74) is 0.598. The zero-order chi connectivity index (χ0) is 10.8. The van der Waals surface area contributed by atoms with Gasteiger partial charge in [0.2, 0.25) is 5.82 Å². The Balaban J connectivity index is 2.52. The number of H-pyrrole nitrogens is 1. The van der Waals surface area contributed by atoms with Crippen LogP contribution in [0.5, 0.6) is 0 Å². The second-order valence-electron chi connectivity index (χ2n) is 2.89. The van der Waals surface area contributed by atoms with E-state index in [9.17, 15) is 14.5 Å². The van der Waals surface area contributed by atoms with Crippen molar-refractivity contribution in [3.63, 3.8) is 0 Å². The molecule has 0 amide bonds. The molecule has 2 aromatic rings. The van der Waals surface area contributed by atoms with Crippen LogP contribution >= 0.6 is 0 Å². The summed E-state index contributed by atoms with van der Waals surface area (Å²) in [6.45, 7) is 0. The van der Waals surface area contributed by atoms with Gasteiger partial charge in [0.1, 0.15) is 0 Å². The van der Waals surface area contributed by atoms with Crippen LogP contribution in [0, 0.1) is 15.9 Å². The van der Waals surface area contributed by atoms with Gasteiger partial charge in [0.15, 0.2) is 0 Å². The molecule has 76 valence electrons. The molecule has 0 saturated heterocycles. The molecule has 2 rings (SSSR count). The van der Waals surface area contributed by atoms with Gasteiger partial charge in [0.25, 0.3) is 0 Å². The average molecular weight is 207 g/mol. The first-order valence-corrected chi connectivity index (χ1v) is 4.11. The maximum Gasteiger partial charge on any atom is 0.305 e. The molecule has 0 fully saturated rings. The number of hydrogen-bond donors (Lipinski definition) is 1. The zero-order valence-corrected chi connectivity index (χ0v) is 7.48. The molecule has 0 unspecified atom stereocenters. The molecule has 6 heteroatoms. The molecule has 1 N–H and O–H groups in total. The van der Waals surface area contributed by atoms with Crippen molar-refractivity contribution >= 4 is 5.69 Å². The quantitative estimate of drug-likeness (QED) is 0.605. The van der Waals surface area contributed by atoms with E-state index in [0.29, 0.717) is 11.3 Å². The molecule has 1 aromatic carbocycles. The highest BCUT2D eigenvalue weighted by molar-refractivity contribution is 5.61. The number of hydrogen-bond acceptors (Lipinski definition) is 3. The van der Waals surface area contributed by atoms with Crippen LogP contribution in [-0.2, 0) is 0 Å². The van der Waals surface area contributed by atoms with Crippen molar-refractivity contribution in [1.29, 1.82) is 0 Å². The number of halogens is 1. The first-order chi connectivity index (χ1) is 7.18. The van der Waals surface area contributed by atoms with Crippen LogP contribution in [0.15, 0.2) is 30.7 Å². The number of aromatic amines is 1. The molecule has 5 nitrogen and oxygen atoms in total. The van der Waals surface area contributed by atoms with E-state index in [1.807, 2.05) is 0 Å². The number of nitrogens with zero attached hydrogens (tertiary/aromatic N) is 2. The second-order valence-corrected chi connectivity index (χ2v) is 2.89. The van der Waals surface area contributed by atoms with Crippen molar-refractivity contribution in [1.82, 2.24) is 9.97 Å². The molecule has 1 aromatic heterocycles. The van der Waals surface area contributed by atoms with Crippen LogP contribution in [0.1, 0.15) is 0 Å². The summed E-state index contributed by atoms with van der Waals surface area (Å²) in [6.07, 6.45) is 2.96. The number of aromatic nitrogens is 2. The van der Waals surface area contributed by atoms with Crippen LogP contribution in [0.2, 0.25) is 0 Å². The van der Waals surface area contributed by atoms with Gasteiger partial charge in [-0.25, -0.2) is 4.98 Å². The smallest absolute Gasteiger partial charge is 0.305 e. The van der Waals surface area contributed by atoms with Gasteiger partial charge in [-0.2, -0.15) is 4.39 Å². The second kappa shape index (κ2) is 3.49. The molecule has 0 atom stereocenters. The summed E-state index contributed by atoms with van der Waals surface area (Å²) >= 11 is 0. The summed E-state index contributed by atoms with van der Waals surface area (Å²) in [6, 6.07) is 3.69. The largest absolute Gasteiger partial charge is 0.345 e. The molecule has 0 bridgehead atoms. The Bertz CT molecular complexity index is 496. The number of nitro benzene ring substituents is 1. The van der Waals surface area contributed by atoms with E-state index in [1.165, 1.54) is 24.7 Å². The molecular formula is C9H6FN3O2. The lowest BCUT2D eigenvalue weighted by atomic mass is 10.1. The Kier molecular flexibility index (Phi) is 2.17. The standard InChI is InChI=1S/C9H6FN3O2/c10-7-2-1-6(3-9(7)13(14)15)8-4-11-5-12-8/h1-5H,(H,11,12). The highest BCUT2D eigenvalue weighted by Crippen LogP contribution is 2.24. The van der Waals surface area contributed by atoms with Crippen molar-refractivity contribution in [2.24, 2.45) is 0 Å². The SMILES string of the molecule is O=[N+]([O-])c1cc(-c2cnc[nH]2)ccc1F. The van der Waals surface area contributed by atoms with E-state index in [1.54, 1.807) is 0 Å². The molecule has 15 heavy (non-hydrogen) atoms. The van der Waals surface area contributed by atoms with Gasteiger partial charge in [0, 0.05) is 11.6 Å². The number of nitro groups is 1. The molecule has 1 heterocycles. The molecule has 0 saturated carbocycles. The summed E-state index contributed by atoms with van der Waals surface area (Å²) in [4.78, 5) is 16.3. The lowest BCUT2D eigenvalue weighted by Crippen LogP contribution is -1.92. The summed E-state index contributed by atoms with van der Waals surface area (Å²) in [5, 5.41) is 10.5. The first-order valence-electron chi connectivity index (χ1n) is 4.11. The van der Waals surface area contributed by atoms with Crippen molar-refractivity contribution in [3.8, 4) is 11.3 Å². The van der Waals surface area contributed by atoms with E-state index >= 15 is 0 Å². The maximum absolute atomic E-state index is 13.0. The van der Waals surface area contributed by atoms with Crippen molar-refractivity contribution in [2.45, 2.75) is 0 Å². The highest BCUT2D eigenvalue weighted by atomic mass is 19.1. The molecule has 0 radical (unpaired) electrons. The summed E-state index contributed by atoms with van der Waals surface area (Å²) in [5.74, 6) is -0.844. The van der Waals surface area contributed by atoms with Crippen molar-refractivity contribution in [2.75, 3.05) is 0 Å². The van der Waals surface area contributed by atoms with Crippen LogP contribution in [-0.4, -0.2) is 14.9 Å². The summed E-state index contributed by atoms with van der Waals surface area (Å²) < 4.78 is 13.0. The molecule has 0 aliphatic carbocycles. The minimum absolute atomic E-state index is 0.528. The Labute approximate surface area is 83.7 Å². The predicted molar refractivity (Wildman–Crippen MR) is 50.6 cm³/mol. The van der Waals surface area contributed by atoms with Crippen LogP contribution < -0.4 is 0 Å². The van der Waals surface area contributed by atoms with Gasteiger partial charge in [-0.3, -0.25) is 10.1 Å². The lowest BCUT2D eigenvalue weighted by molar-refractivity contribution is -0.387. The average Bonchev–Trinajstić information content (AvgIpc) is 2.71. The predicted octanol–water partition coefficient (Wildman–Crippen LogP) is 2.12. The van der Waals surface area contributed by atoms with E-state index in [2.05, 4.69) is 9.97 Å². The topological polar surface area (TPSA) is 71.8 Å². The van der Waals surface area contributed by atoms with E-state index in [-0.39, 0.29) is 0 Å². The Morgan fingerprint density at radius 2 is 2.27 bits per heavy atom. The van der Waals surface area contributed by atoms with E-state index < -0.39 is 16.4 Å². The van der Waals surface area contributed by atoms with Crippen molar-refractivity contribution < 1.29 is 9.31 Å². The third-order valence-corrected chi connectivity index (χ3v) is 1.95. The monoisotopic (exact) mass is 207 g/mol. The van der Waals surface area contributed by atoms with Crippen molar-refractivity contribution in [3.05, 3.63) is 46.7 Å². The third kappa shape index (κ3) is 1.69. The Hall–Kier alpha value is -2.24. The third-order valence-electron chi connectivity index (χ3n) is 1.95. The minimum Gasteiger partial charge on any atom is -0.345 e. The van der Waals surface area contributed by atoms with Gasteiger partial charge < -0.3 is 4.98 Å². The number of benzene rings is 1. The maximum atomic E-state index is 13.0. The van der Waals surface area contributed by atoms with Gasteiger partial charge in [-0.1, -0.05) is 0 Å². The van der Waals surface area contributed by atoms with E-state index in [0.717, 1.165) is 6.07 Å². The fourth-order valence-electron chi connectivity index (χ4n) is 1.23. The van der Waals surface area contributed by atoms with Crippen LogP contribution in [0.3, 0.4) is 0 Å². The van der Waals surface area contributed by atoms with Gasteiger partial charge in [-0.15, -0.1) is 0 Å². The number of nitrogens with one attached hydrogen (secondary N) is 1. The zero-order valence-electron chi connectivity index (χ0n) is 7.48. The lowest BCUT2D eigenvalue weighted by Gasteiger charge is -1.98.